The predicted molar refractivity (Wildman–Crippen MR) is 84.1 cm³/mol. The minimum Gasteiger partial charge on any atom is -0.399 e. The number of hydrogen-bond acceptors (Lipinski definition) is 3. The number of anilines is 4. The molecular formula is C16H20FN3. The van der Waals surface area contributed by atoms with Crippen LogP contribution in [0.2, 0.25) is 0 Å². The number of nitrogen functional groups attached to an aromatic ring is 1. The Kier molecular flexibility index (Phi) is 4.45. The molecule has 4 heteroatoms. The molecule has 0 amide bonds. The molecule has 0 spiro atoms. The number of rotatable bonds is 5. The second kappa shape index (κ2) is 6.28. The Balaban J connectivity index is 2.14. The topological polar surface area (TPSA) is 41.3 Å². The number of nitrogens with two attached hydrogens (primary N) is 1. The Bertz CT molecular complexity index is 542. The molecule has 0 heterocycles. The highest BCUT2D eigenvalue weighted by atomic mass is 19.1. The molecule has 2 rings (SSSR count). The molecule has 0 saturated heterocycles. The van der Waals surface area contributed by atoms with Gasteiger partial charge in [-0.25, -0.2) is 4.39 Å². The van der Waals surface area contributed by atoms with Crippen molar-refractivity contribution in [3.8, 4) is 0 Å². The Morgan fingerprint density at radius 3 is 2.20 bits per heavy atom. The van der Waals surface area contributed by atoms with Gasteiger partial charge in [0, 0.05) is 35.8 Å². The SMILES string of the molecule is CCN(CC)c1ccc(Nc2cc(N)cc(F)c2)cc1. The van der Waals surface area contributed by atoms with Crippen molar-refractivity contribution < 1.29 is 4.39 Å². The van der Waals surface area contributed by atoms with Crippen LogP contribution in [0, 0.1) is 5.82 Å². The van der Waals surface area contributed by atoms with E-state index >= 15 is 0 Å². The van der Waals surface area contributed by atoms with E-state index in [9.17, 15) is 4.39 Å². The lowest BCUT2D eigenvalue weighted by Crippen LogP contribution is -2.21. The summed E-state index contributed by atoms with van der Waals surface area (Å²) in [6.07, 6.45) is 0. The predicted octanol–water partition coefficient (Wildman–Crippen LogP) is 4.00. The van der Waals surface area contributed by atoms with E-state index in [0.29, 0.717) is 11.4 Å². The van der Waals surface area contributed by atoms with E-state index in [1.807, 2.05) is 12.1 Å². The van der Waals surface area contributed by atoms with E-state index in [1.54, 1.807) is 6.07 Å². The second-order valence-corrected chi connectivity index (χ2v) is 4.62. The maximum absolute atomic E-state index is 13.3. The van der Waals surface area contributed by atoms with Gasteiger partial charge in [0.25, 0.3) is 0 Å². The zero-order valence-corrected chi connectivity index (χ0v) is 11.9. The normalized spacial score (nSPS) is 10.3. The first-order valence-corrected chi connectivity index (χ1v) is 6.80. The first-order valence-electron chi connectivity index (χ1n) is 6.80. The molecule has 0 fully saturated rings. The Labute approximate surface area is 119 Å². The van der Waals surface area contributed by atoms with Gasteiger partial charge in [0.15, 0.2) is 0 Å². The van der Waals surface area contributed by atoms with Gasteiger partial charge in [-0.3, -0.25) is 0 Å². The van der Waals surface area contributed by atoms with Crippen LogP contribution in [-0.4, -0.2) is 13.1 Å². The summed E-state index contributed by atoms with van der Waals surface area (Å²) in [4.78, 5) is 2.27. The van der Waals surface area contributed by atoms with Crippen molar-refractivity contribution in [3.05, 3.63) is 48.3 Å². The van der Waals surface area contributed by atoms with Gasteiger partial charge in [-0.2, -0.15) is 0 Å². The molecule has 0 aliphatic rings. The number of halogens is 1. The van der Waals surface area contributed by atoms with Crippen LogP contribution < -0.4 is 16.0 Å². The van der Waals surface area contributed by atoms with Gasteiger partial charge >= 0.3 is 0 Å². The molecule has 0 aliphatic carbocycles. The zero-order valence-electron chi connectivity index (χ0n) is 11.9. The van der Waals surface area contributed by atoms with Crippen LogP contribution in [0.5, 0.6) is 0 Å². The Hall–Kier alpha value is -2.23. The van der Waals surface area contributed by atoms with Crippen molar-refractivity contribution in [3.63, 3.8) is 0 Å². The van der Waals surface area contributed by atoms with E-state index in [4.69, 9.17) is 5.73 Å². The monoisotopic (exact) mass is 273 g/mol. The Morgan fingerprint density at radius 1 is 1.00 bits per heavy atom. The molecule has 0 unspecified atom stereocenters. The quantitative estimate of drug-likeness (QED) is 0.809. The summed E-state index contributed by atoms with van der Waals surface area (Å²) >= 11 is 0. The summed E-state index contributed by atoms with van der Waals surface area (Å²) in [5.41, 5.74) is 8.77. The van der Waals surface area contributed by atoms with Gasteiger partial charge in [-0.05, 0) is 56.3 Å². The smallest absolute Gasteiger partial charge is 0.127 e. The first kappa shape index (κ1) is 14.2. The summed E-state index contributed by atoms with van der Waals surface area (Å²) in [5, 5.41) is 3.15. The van der Waals surface area contributed by atoms with Crippen LogP contribution in [0.15, 0.2) is 42.5 Å². The highest BCUT2D eigenvalue weighted by Gasteiger charge is 2.02. The molecule has 0 aliphatic heterocycles. The van der Waals surface area contributed by atoms with E-state index in [2.05, 4.69) is 36.2 Å². The van der Waals surface area contributed by atoms with Crippen LogP contribution in [0.3, 0.4) is 0 Å². The lowest BCUT2D eigenvalue weighted by Gasteiger charge is -2.21. The lowest BCUT2D eigenvalue weighted by atomic mass is 10.2. The number of benzene rings is 2. The highest BCUT2D eigenvalue weighted by molar-refractivity contribution is 5.65. The van der Waals surface area contributed by atoms with Crippen LogP contribution >= 0.6 is 0 Å². The van der Waals surface area contributed by atoms with Crippen molar-refractivity contribution in [2.24, 2.45) is 0 Å². The largest absolute Gasteiger partial charge is 0.399 e. The third-order valence-corrected chi connectivity index (χ3v) is 3.20. The van der Waals surface area contributed by atoms with Crippen molar-refractivity contribution in [2.75, 3.05) is 29.0 Å². The third-order valence-electron chi connectivity index (χ3n) is 3.20. The maximum Gasteiger partial charge on any atom is 0.127 e. The summed E-state index contributed by atoms with van der Waals surface area (Å²) in [6.45, 7) is 6.21. The molecule has 20 heavy (non-hydrogen) atoms. The van der Waals surface area contributed by atoms with Crippen molar-refractivity contribution in [1.29, 1.82) is 0 Å². The zero-order chi connectivity index (χ0) is 14.5. The third kappa shape index (κ3) is 3.41. The van der Waals surface area contributed by atoms with Crippen molar-refractivity contribution in [2.45, 2.75) is 13.8 Å². The van der Waals surface area contributed by atoms with Gasteiger partial charge in [0.05, 0.1) is 0 Å². The molecular weight excluding hydrogens is 253 g/mol. The lowest BCUT2D eigenvalue weighted by molar-refractivity contribution is 0.629. The molecule has 3 nitrogen and oxygen atoms in total. The number of hydrogen-bond donors (Lipinski definition) is 2. The molecule has 3 N–H and O–H groups in total. The summed E-state index contributed by atoms with van der Waals surface area (Å²) in [6, 6.07) is 12.5. The molecule has 0 saturated carbocycles. The number of nitrogens with one attached hydrogen (secondary N) is 1. The standard InChI is InChI=1S/C16H20FN3/c1-3-20(4-2)16-7-5-14(6-8-16)19-15-10-12(17)9-13(18)11-15/h5-11,19H,3-4,18H2,1-2H3. The van der Waals surface area contributed by atoms with Gasteiger partial charge in [-0.1, -0.05) is 0 Å². The fourth-order valence-electron chi connectivity index (χ4n) is 2.20. The van der Waals surface area contributed by atoms with Gasteiger partial charge < -0.3 is 16.0 Å². The fraction of sp³-hybridized carbons (Fsp3) is 0.250. The van der Waals surface area contributed by atoms with E-state index < -0.39 is 0 Å². The minimum absolute atomic E-state index is 0.340. The molecule has 2 aromatic carbocycles. The van der Waals surface area contributed by atoms with Crippen LogP contribution in [-0.2, 0) is 0 Å². The number of nitrogens with zero attached hydrogens (tertiary/aromatic N) is 1. The summed E-state index contributed by atoms with van der Waals surface area (Å²) in [7, 11) is 0. The maximum atomic E-state index is 13.3. The summed E-state index contributed by atoms with van der Waals surface area (Å²) in [5.74, 6) is -0.340. The molecule has 0 radical (unpaired) electrons. The van der Waals surface area contributed by atoms with E-state index in [0.717, 1.165) is 18.8 Å². The van der Waals surface area contributed by atoms with Crippen LogP contribution in [0.25, 0.3) is 0 Å². The van der Waals surface area contributed by atoms with Gasteiger partial charge in [-0.15, -0.1) is 0 Å². The average Bonchev–Trinajstić information content (AvgIpc) is 2.41. The first-order chi connectivity index (χ1) is 9.62. The average molecular weight is 273 g/mol. The van der Waals surface area contributed by atoms with Crippen LogP contribution in [0.4, 0.5) is 27.1 Å². The van der Waals surface area contributed by atoms with Crippen molar-refractivity contribution in [1.82, 2.24) is 0 Å². The van der Waals surface area contributed by atoms with Gasteiger partial charge in [0.1, 0.15) is 5.82 Å². The highest BCUT2D eigenvalue weighted by Crippen LogP contribution is 2.23. The molecule has 0 atom stereocenters. The van der Waals surface area contributed by atoms with E-state index in [1.165, 1.54) is 17.8 Å². The molecule has 0 aromatic heterocycles. The van der Waals surface area contributed by atoms with Gasteiger partial charge in [0.2, 0.25) is 0 Å². The second-order valence-electron chi connectivity index (χ2n) is 4.62. The van der Waals surface area contributed by atoms with Crippen molar-refractivity contribution >= 4 is 22.7 Å². The molecule has 2 aromatic rings. The van der Waals surface area contributed by atoms with E-state index in [-0.39, 0.29) is 5.82 Å². The molecule has 106 valence electrons. The fourth-order valence-corrected chi connectivity index (χ4v) is 2.20. The Morgan fingerprint density at radius 2 is 1.65 bits per heavy atom. The minimum atomic E-state index is -0.340. The van der Waals surface area contributed by atoms with Crippen LogP contribution in [0.1, 0.15) is 13.8 Å². The summed E-state index contributed by atoms with van der Waals surface area (Å²) < 4.78 is 13.3. The molecule has 0 bridgehead atoms.